The summed E-state index contributed by atoms with van der Waals surface area (Å²) >= 11 is 0. The number of allylic oxidation sites excluding steroid dienone is 1. The van der Waals surface area contributed by atoms with Crippen molar-refractivity contribution in [1.82, 2.24) is 0 Å². The third-order valence-corrected chi connectivity index (χ3v) is 1.74. The van der Waals surface area contributed by atoms with Crippen molar-refractivity contribution in [1.29, 1.82) is 0 Å². The Morgan fingerprint density at radius 1 is 1.43 bits per heavy atom. The van der Waals surface area contributed by atoms with Crippen molar-refractivity contribution >= 4 is 18.0 Å². The first kappa shape index (κ1) is 10.1. The van der Waals surface area contributed by atoms with Gasteiger partial charge in [-0.05, 0) is 18.6 Å². The van der Waals surface area contributed by atoms with Crippen molar-refractivity contribution in [2.24, 2.45) is 0 Å². The molecular weight excluding hydrogens is 182 g/mol. The molecule has 4 heteroatoms. The average Bonchev–Trinajstić information content (AvgIpc) is 2.18. The summed E-state index contributed by atoms with van der Waals surface area (Å²) < 4.78 is 0. The molecule has 1 aromatic rings. The van der Waals surface area contributed by atoms with Gasteiger partial charge >= 0.3 is 0 Å². The zero-order valence-corrected chi connectivity index (χ0v) is 7.64. The van der Waals surface area contributed by atoms with Crippen molar-refractivity contribution in [3.05, 3.63) is 45.5 Å². The van der Waals surface area contributed by atoms with Crippen molar-refractivity contribution in [3.63, 3.8) is 0 Å². The van der Waals surface area contributed by atoms with Gasteiger partial charge in [-0.1, -0.05) is 18.2 Å². The van der Waals surface area contributed by atoms with Gasteiger partial charge < -0.3 is 0 Å². The number of rotatable bonds is 3. The number of nitrogens with zero attached hydrogens (tertiary/aromatic N) is 1. The van der Waals surface area contributed by atoms with E-state index in [1.165, 1.54) is 12.1 Å². The summed E-state index contributed by atoms with van der Waals surface area (Å²) in [6, 6.07) is 4.49. The van der Waals surface area contributed by atoms with E-state index in [1.807, 2.05) is 6.92 Å². The Balaban J connectivity index is 3.27. The van der Waals surface area contributed by atoms with Crippen LogP contribution in [0.5, 0.6) is 0 Å². The van der Waals surface area contributed by atoms with E-state index in [0.29, 0.717) is 11.8 Å². The predicted molar refractivity (Wildman–Crippen MR) is 53.2 cm³/mol. The van der Waals surface area contributed by atoms with Crippen LogP contribution in [-0.2, 0) is 0 Å². The van der Waals surface area contributed by atoms with Crippen LogP contribution in [0.2, 0.25) is 0 Å². The maximum absolute atomic E-state index is 10.6. The second-order valence-electron chi connectivity index (χ2n) is 2.69. The highest BCUT2D eigenvalue weighted by Crippen LogP contribution is 2.19. The first-order valence-electron chi connectivity index (χ1n) is 4.05. The SMILES string of the molecule is C/C=C/c1ccc(C=O)c([N+](=O)[O-])c1. The highest BCUT2D eigenvalue weighted by atomic mass is 16.6. The van der Waals surface area contributed by atoms with Gasteiger partial charge in [0, 0.05) is 6.07 Å². The third-order valence-electron chi connectivity index (χ3n) is 1.74. The van der Waals surface area contributed by atoms with E-state index >= 15 is 0 Å². The Hall–Kier alpha value is -1.97. The molecule has 0 aliphatic heterocycles. The molecule has 0 bridgehead atoms. The first-order valence-corrected chi connectivity index (χ1v) is 4.05. The molecule has 0 aliphatic carbocycles. The van der Waals surface area contributed by atoms with Gasteiger partial charge in [-0.2, -0.15) is 0 Å². The predicted octanol–water partition coefficient (Wildman–Crippen LogP) is 2.44. The van der Waals surface area contributed by atoms with E-state index in [4.69, 9.17) is 0 Å². The fraction of sp³-hybridized carbons (Fsp3) is 0.100. The van der Waals surface area contributed by atoms with E-state index in [9.17, 15) is 14.9 Å². The Morgan fingerprint density at radius 2 is 2.14 bits per heavy atom. The van der Waals surface area contributed by atoms with Crippen LogP contribution in [-0.4, -0.2) is 11.2 Å². The van der Waals surface area contributed by atoms with Gasteiger partial charge in [-0.25, -0.2) is 0 Å². The lowest BCUT2D eigenvalue weighted by atomic mass is 10.1. The van der Waals surface area contributed by atoms with Gasteiger partial charge in [-0.15, -0.1) is 0 Å². The van der Waals surface area contributed by atoms with E-state index < -0.39 is 4.92 Å². The number of aldehydes is 1. The standard InChI is InChI=1S/C10H9NO3/c1-2-3-8-4-5-9(7-12)10(6-8)11(13)14/h2-7H,1H3/b3-2+. The van der Waals surface area contributed by atoms with Crippen LogP contribution in [0.25, 0.3) is 6.08 Å². The minimum Gasteiger partial charge on any atom is -0.298 e. The number of carbonyl (C=O) groups is 1. The Labute approximate surface area is 81.0 Å². The fourth-order valence-electron chi connectivity index (χ4n) is 1.11. The molecule has 0 amide bonds. The summed E-state index contributed by atoms with van der Waals surface area (Å²) in [5.41, 5.74) is 0.656. The monoisotopic (exact) mass is 191 g/mol. The molecule has 0 saturated heterocycles. The lowest BCUT2D eigenvalue weighted by Crippen LogP contribution is -1.94. The number of hydrogen-bond donors (Lipinski definition) is 0. The molecule has 4 nitrogen and oxygen atoms in total. The second kappa shape index (κ2) is 4.32. The summed E-state index contributed by atoms with van der Waals surface area (Å²) in [7, 11) is 0. The largest absolute Gasteiger partial charge is 0.298 e. The molecule has 0 saturated carbocycles. The van der Waals surface area contributed by atoms with Gasteiger partial charge in [0.05, 0.1) is 10.5 Å². The van der Waals surface area contributed by atoms with Crippen LogP contribution < -0.4 is 0 Å². The molecule has 0 aromatic heterocycles. The fourth-order valence-corrected chi connectivity index (χ4v) is 1.11. The molecule has 1 aromatic carbocycles. The molecule has 0 heterocycles. The topological polar surface area (TPSA) is 60.2 Å². The highest BCUT2D eigenvalue weighted by molar-refractivity contribution is 5.82. The van der Waals surface area contributed by atoms with Gasteiger partial charge in [0.15, 0.2) is 6.29 Å². The van der Waals surface area contributed by atoms with Crippen LogP contribution in [0.1, 0.15) is 22.8 Å². The minimum atomic E-state index is -0.559. The maximum Gasteiger partial charge on any atom is 0.280 e. The molecule has 1 rings (SSSR count). The van der Waals surface area contributed by atoms with Crippen molar-refractivity contribution in [2.45, 2.75) is 6.92 Å². The maximum atomic E-state index is 10.6. The summed E-state index contributed by atoms with van der Waals surface area (Å²) in [6.45, 7) is 1.82. The summed E-state index contributed by atoms with van der Waals surface area (Å²) in [5, 5.41) is 10.6. The van der Waals surface area contributed by atoms with Gasteiger partial charge in [0.1, 0.15) is 0 Å². The van der Waals surface area contributed by atoms with Crippen LogP contribution in [0.15, 0.2) is 24.3 Å². The molecule has 14 heavy (non-hydrogen) atoms. The molecular formula is C10H9NO3. The van der Waals surface area contributed by atoms with Crippen LogP contribution in [0, 0.1) is 10.1 Å². The normalized spacial score (nSPS) is 10.4. The molecule has 0 spiro atoms. The Kier molecular flexibility index (Phi) is 3.12. The Bertz CT molecular complexity index is 396. The molecule has 0 unspecified atom stereocenters. The van der Waals surface area contributed by atoms with Crippen LogP contribution in [0.3, 0.4) is 0 Å². The molecule has 0 fully saturated rings. The molecule has 0 radical (unpaired) electrons. The molecule has 0 atom stereocenters. The Morgan fingerprint density at radius 3 is 2.64 bits per heavy atom. The van der Waals surface area contributed by atoms with E-state index in [2.05, 4.69) is 0 Å². The number of hydrogen-bond acceptors (Lipinski definition) is 3. The van der Waals surface area contributed by atoms with E-state index in [-0.39, 0.29) is 11.3 Å². The van der Waals surface area contributed by atoms with Crippen LogP contribution >= 0.6 is 0 Å². The number of carbonyl (C=O) groups excluding carboxylic acids is 1. The van der Waals surface area contributed by atoms with Crippen molar-refractivity contribution < 1.29 is 9.72 Å². The zero-order valence-electron chi connectivity index (χ0n) is 7.64. The minimum absolute atomic E-state index is 0.100. The smallest absolute Gasteiger partial charge is 0.280 e. The quantitative estimate of drug-likeness (QED) is 0.418. The van der Waals surface area contributed by atoms with E-state index in [0.717, 1.165) is 0 Å². The first-order chi connectivity index (χ1) is 6.69. The summed E-state index contributed by atoms with van der Waals surface area (Å²) in [5.74, 6) is 0. The lowest BCUT2D eigenvalue weighted by Gasteiger charge is -1.97. The number of nitro benzene ring substituents is 1. The molecule has 0 aliphatic rings. The molecule has 0 N–H and O–H groups in total. The summed E-state index contributed by atoms with van der Waals surface area (Å²) in [6.07, 6.45) is 4.00. The highest BCUT2D eigenvalue weighted by Gasteiger charge is 2.12. The number of benzene rings is 1. The number of nitro groups is 1. The molecule has 72 valence electrons. The average molecular weight is 191 g/mol. The van der Waals surface area contributed by atoms with Crippen LogP contribution in [0.4, 0.5) is 5.69 Å². The zero-order chi connectivity index (χ0) is 10.6. The third kappa shape index (κ3) is 2.04. The van der Waals surface area contributed by atoms with Crippen molar-refractivity contribution in [2.75, 3.05) is 0 Å². The van der Waals surface area contributed by atoms with Gasteiger partial charge in [-0.3, -0.25) is 14.9 Å². The van der Waals surface area contributed by atoms with Crippen molar-refractivity contribution in [3.8, 4) is 0 Å². The second-order valence-corrected chi connectivity index (χ2v) is 2.69. The van der Waals surface area contributed by atoms with E-state index in [1.54, 1.807) is 18.2 Å². The summed E-state index contributed by atoms with van der Waals surface area (Å²) in [4.78, 5) is 20.5. The van der Waals surface area contributed by atoms with Gasteiger partial charge in [0.2, 0.25) is 0 Å². The lowest BCUT2D eigenvalue weighted by molar-refractivity contribution is -0.385. The van der Waals surface area contributed by atoms with Gasteiger partial charge in [0.25, 0.3) is 5.69 Å².